The fourth-order valence-corrected chi connectivity index (χ4v) is 7.67. The van der Waals surface area contributed by atoms with Gasteiger partial charge in [0.1, 0.15) is 7.28 Å². The maximum absolute atomic E-state index is 6.90. The van der Waals surface area contributed by atoms with E-state index < -0.39 is 7.28 Å². The Bertz CT molecular complexity index is 1240. The van der Waals surface area contributed by atoms with Crippen LogP contribution in [0.2, 0.25) is 0 Å². The van der Waals surface area contributed by atoms with Gasteiger partial charge in [-0.3, -0.25) is 0 Å². The van der Waals surface area contributed by atoms with Gasteiger partial charge >= 0.3 is 0 Å². The van der Waals surface area contributed by atoms with Crippen molar-refractivity contribution in [3.63, 3.8) is 0 Å². The van der Waals surface area contributed by atoms with Gasteiger partial charge in [0.15, 0.2) is 0 Å². The molecule has 3 aromatic rings. The molecule has 0 radical (unpaired) electrons. The number of allylic oxidation sites excluding steroid dienone is 1. The molecule has 1 aliphatic rings. The van der Waals surface area contributed by atoms with E-state index in [-0.39, 0.29) is 5.41 Å². The number of hydrogen-bond acceptors (Lipinski definition) is 3. The number of benzene rings is 3. The topological polar surface area (TPSA) is 24.8 Å². The number of fused-ring (bicyclic) bond motifs is 1. The van der Waals surface area contributed by atoms with Crippen LogP contribution in [0, 0.1) is 13.8 Å². The summed E-state index contributed by atoms with van der Waals surface area (Å²) < 4.78 is 12.4. The Morgan fingerprint density at radius 2 is 1.65 bits per heavy atom. The largest absolute Gasteiger partial charge is 0.347 e. The minimum Gasteiger partial charge on any atom is -0.347 e. The third-order valence-electron chi connectivity index (χ3n) is 6.98. The van der Waals surface area contributed by atoms with E-state index in [1.54, 1.807) is 0 Å². The second-order valence-corrected chi connectivity index (χ2v) is 12.2. The summed E-state index contributed by atoms with van der Waals surface area (Å²) in [5.41, 5.74) is 7.18. The van der Waals surface area contributed by atoms with E-state index in [1.165, 1.54) is 28.1 Å². The molecule has 0 fully saturated rings. The summed E-state index contributed by atoms with van der Waals surface area (Å²) in [6.45, 7) is 11.8. The molecule has 34 heavy (non-hydrogen) atoms. The highest BCUT2D eigenvalue weighted by Gasteiger charge is 2.40. The SMILES string of the molecule is CCCCO[P@](/C=C1\N(C)c2ccccc2C1(C)C)(=Nc1cccc(C)c1C)c1ccccc1. The van der Waals surface area contributed by atoms with Gasteiger partial charge in [0.2, 0.25) is 0 Å². The van der Waals surface area contributed by atoms with E-state index >= 15 is 0 Å². The molecule has 0 unspecified atom stereocenters. The summed E-state index contributed by atoms with van der Waals surface area (Å²) in [4.78, 5) is 2.33. The van der Waals surface area contributed by atoms with E-state index in [4.69, 9.17) is 9.27 Å². The van der Waals surface area contributed by atoms with Crippen molar-refractivity contribution in [3.8, 4) is 0 Å². The van der Waals surface area contributed by atoms with Crippen molar-refractivity contribution in [2.75, 3.05) is 18.6 Å². The molecule has 4 rings (SSSR count). The predicted molar refractivity (Wildman–Crippen MR) is 148 cm³/mol. The maximum atomic E-state index is 6.90. The van der Waals surface area contributed by atoms with E-state index in [0.29, 0.717) is 6.61 Å². The molecule has 0 aliphatic carbocycles. The van der Waals surface area contributed by atoms with Crippen LogP contribution in [0.3, 0.4) is 0 Å². The third kappa shape index (κ3) is 4.52. The van der Waals surface area contributed by atoms with Crippen LogP contribution in [0.1, 0.15) is 50.3 Å². The van der Waals surface area contributed by atoms with Crippen molar-refractivity contribution in [2.24, 2.45) is 4.74 Å². The predicted octanol–water partition coefficient (Wildman–Crippen LogP) is 8.46. The highest BCUT2D eigenvalue weighted by Crippen LogP contribution is 2.59. The zero-order valence-corrected chi connectivity index (χ0v) is 22.3. The molecular weight excluding hydrogens is 435 g/mol. The molecule has 0 bridgehead atoms. The summed E-state index contributed by atoms with van der Waals surface area (Å²) >= 11 is 0. The van der Waals surface area contributed by atoms with Gasteiger partial charge in [0.25, 0.3) is 0 Å². The molecule has 0 amide bonds. The Balaban J connectivity index is 2.01. The standard InChI is InChI=1S/C30H37N2OP/c1-7-8-21-33-34(25-16-10-9-11-17-25,31-27-19-14-15-23(2)24(27)3)22-29-30(4,5)26-18-12-13-20-28(26)32(29)6/h9-20,22H,7-8,21H2,1-6H3/b29-22-/t34-/m0/s1. The average molecular weight is 473 g/mol. The van der Waals surface area contributed by atoms with Crippen LogP contribution < -0.4 is 10.2 Å². The summed E-state index contributed by atoms with van der Waals surface area (Å²) in [7, 11) is -0.351. The third-order valence-corrected chi connectivity index (χ3v) is 9.70. The molecule has 0 saturated carbocycles. The zero-order chi connectivity index (χ0) is 24.3. The smallest absolute Gasteiger partial charge is 0.143 e. The number of likely N-dealkylation sites (N-methyl/N-ethyl adjacent to an activating group) is 1. The second-order valence-electron chi connectivity index (χ2n) is 9.68. The Morgan fingerprint density at radius 3 is 2.35 bits per heavy atom. The molecular formula is C30H37N2OP. The van der Waals surface area contributed by atoms with E-state index in [2.05, 4.69) is 125 Å². The minimum atomic E-state index is -2.52. The summed E-state index contributed by atoms with van der Waals surface area (Å²) in [5.74, 6) is 2.37. The minimum absolute atomic E-state index is 0.142. The summed E-state index contributed by atoms with van der Waals surface area (Å²) in [6.07, 6.45) is 2.10. The molecule has 3 nitrogen and oxygen atoms in total. The molecule has 1 aliphatic heterocycles. The van der Waals surface area contributed by atoms with Gasteiger partial charge in [-0.05, 0) is 49.1 Å². The fraction of sp³-hybridized carbons (Fsp3) is 0.333. The second kappa shape index (κ2) is 9.94. The van der Waals surface area contributed by atoms with E-state index in [0.717, 1.165) is 23.8 Å². The fourth-order valence-electron chi connectivity index (χ4n) is 4.69. The molecule has 0 N–H and O–H groups in total. The zero-order valence-electron chi connectivity index (χ0n) is 21.4. The van der Waals surface area contributed by atoms with Gasteiger partial charge in [-0.2, -0.15) is 0 Å². The van der Waals surface area contributed by atoms with Crippen LogP contribution in [0.15, 0.2) is 89.1 Å². The lowest BCUT2D eigenvalue weighted by Crippen LogP contribution is -2.23. The van der Waals surface area contributed by atoms with Crippen LogP contribution in [0.4, 0.5) is 11.4 Å². The normalized spacial score (nSPS) is 17.5. The van der Waals surface area contributed by atoms with Gasteiger partial charge < -0.3 is 9.42 Å². The lowest BCUT2D eigenvalue weighted by molar-refractivity contribution is 0.344. The van der Waals surface area contributed by atoms with Crippen molar-refractivity contribution in [1.29, 1.82) is 0 Å². The van der Waals surface area contributed by atoms with Crippen molar-refractivity contribution < 1.29 is 4.52 Å². The van der Waals surface area contributed by atoms with Crippen molar-refractivity contribution in [2.45, 2.75) is 52.9 Å². The molecule has 0 aromatic heterocycles. The van der Waals surface area contributed by atoms with Crippen LogP contribution in [-0.4, -0.2) is 13.7 Å². The molecule has 1 atom stereocenters. The Morgan fingerprint density at radius 1 is 0.941 bits per heavy atom. The van der Waals surface area contributed by atoms with E-state index in [9.17, 15) is 0 Å². The Kier molecular flexibility index (Phi) is 7.17. The number of hydrogen-bond donors (Lipinski definition) is 0. The maximum Gasteiger partial charge on any atom is 0.143 e. The number of unbranched alkanes of at least 4 members (excludes halogenated alkanes) is 1. The lowest BCUT2D eigenvalue weighted by Gasteiger charge is -2.29. The molecule has 4 heteroatoms. The van der Waals surface area contributed by atoms with Crippen molar-refractivity contribution >= 4 is 24.0 Å². The van der Waals surface area contributed by atoms with E-state index in [1.807, 2.05) is 0 Å². The first-order valence-corrected chi connectivity index (χ1v) is 14.0. The number of para-hydroxylation sites is 1. The van der Waals surface area contributed by atoms with Gasteiger partial charge in [0.05, 0.1) is 12.3 Å². The molecule has 178 valence electrons. The Labute approximate surface area is 205 Å². The average Bonchev–Trinajstić information content (AvgIpc) is 3.03. The number of anilines is 1. The molecule has 3 aromatic carbocycles. The van der Waals surface area contributed by atoms with Crippen LogP contribution >= 0.6 is 7.28 Å². The summed E-state index contributed by atoms with van der Waals surface area (Å²) in [5, 5.41) is 1.15. The first kappa shape index (κ1) is 24.5. The number of aryl methyl sites for hydroxylation is 1. The quantitative estimate of drug-likeness (QED) is 0.254. The highest BCUT2D eigenvalue weighted by atomic mass is 31.2. The number of nitrogens with zero attached hydrogens (tertiary/aromatic N) is 2. The number of rotatable bonds is 7. The molecule has 0 spiro atoms. The first-order chi connectivity index (χ1) is 16.3. The lowest BCUT2D eigenvalue weighted by atomic mass is 9.84. The van der Waals surface area contributed by atoms with Crippen molar-refractivity contribution in [1.82, 2.24) is 0 Å². The van der Waals surface area contributed by atoms with Crippen molar-refractivity contribution in [3.05, 3.63) is 101 Å². The molecule has 0 saturated heterocycles. The van der Waals surface area contributed by atoms with Gasteiger partial charge in [-0.15, -0.1) is 0 Å². The Hall–Kier alpha value is -2.61. The summed E-state index contributed by atoms with van der Waals surface area (Å²) in [6, 6.07) is 25.7. The van der Waals surface area contributed by atoms with Gasteiger partial charge in [-0.1, -0.05) is 87.9 Å². The molecule has 1 heterocycles. The van der Waals surface area contributed by atoms with Gasteiger partial charge in [0, 0.05) is 35.0 Å². The van der Waals surface area contributed by atoms with Crippen LogP contribution in [0.5, 0.6) is 0 Å². The van der Waals surface area contributed by atoms with Crippen LogP contribution in [0.25, 0.3) is 0 Å². The monoisotopic (exact) mass is 472 g/mol. The van der Waals surface area contributed by atoms with Gasteiger partial charge in [-0.25, -0.2) is 4.74 Å². The highest BCUT2D eigenvalue weighted by molar-refractivity contribution is 7.72. The first-order valence-electron chi connectivity index (χ1n) is 12.2. The van der Waals surface area contributed by atoms with Crippen LogP contribution in [-0.2, 0) is 9.94 Å².